The first-order valence-electron chi connectivity index (χ1n) is 9.91. The molecule has 1 atom stereocenters. The Kier molecular flexibility index (Phi) is 4.59. The number of benzene rings is 3. The summed E-state index contributed by atoms with van der Waals surface area (Å²) in [6.45, 7) is 0. The highest BCUT2D eigenvalue weighted by Crippen LogP contribution is 2.46. The Bertz CT molecular complexity index is 1420. The highest BCUT2D eigenvalue weighted by atomic mass is 16.5. The molecule has 5 rings (SSSR count). The Labute approximate surface area is 182 Å². The van der Waals surface area contributed by atoms with Crippen LogP contribution in [0.25, 0.3) is 22.1 Å². The van der Waals surface area contributed by atoms with E-state index in [4.69, 9.17) is 13.9 Å². The molecule has 2 heterocycles. The smallest absolute Gasteiger partial charge is 0.312 e. The fraction of sp³-hybridized carbons (Fsp3) is 0.120. The zero-order chi connectivity index (χ0) is 22.4. The summed E-state index contributed by atoms with van der Waals surface area (Å²) in [4.78, 5) is 25.6. The number of hydrogen-bond donors (Lipinski definition) is 2. The van der Waals surface area contributed by atoms with E-state index in [1.165, 1.54) is 24.5 Å². The van der Waals surface area contributed by atoms with Gasteiger partial charge in [0.2, 0.25) is 5.43 Å². The Balaban J connectivity index is 1.76. The van der Waals surface area contributed by atoms with Crippen LogP contribution in [0.15, 0.2) is 70.1 Å². The van der Waals surface area contributed by atoms with Crippen LogP contribution in [0.4, 0.5) is 0 Å². The molecule has 0 radical (unpaired) electrons. The number of hydrogen-bond acceptors (Lipinski definition) is 7. The summed E-state index contributed by atoms with van der Waals surface area (Å²) in [6, 6.07) is 14.7. The molecule has 0 fully saturated rings. The summed E-state index contributed by atoms with van der Waals surface area (Å²) >= 11 is 0. The van der Waals surface area contributed by atoms with Gasteiger partial charge in [-0.3, -0.25) is 9.59 Å². The van der Waals surface area contributed by atoms with Crippen LogP contribution >= 0.6 is 0 Å². The van der Waals surface area contributed by atoms with Crippen LogP contribution in [-0.2, 0) is 4.79 Å². The average Bonchev–Trinajstić information content (AvgIpc) is 2.79. The minimum Gasteiger partial charge on any atom is -0.508 e. The first-order valence-corrected chi connectivity index (χ1v) is 9.91. The largest absolute Gasteiger partial charge is 0.508 e. The summed E-state index contributed by atoms with van der Waals surface area (Å²) in [5, 5.41) is 20.2. The average molecular weight is 430 g/mol. The molecule has 0 aliphatic carbocycles. The normalized spacial score (nSPS) is 15.3. The number of esters is 1. The molecule has 0 saturated heterocycles. The zero-order valence-electron chi connectivity index (χ0n) is 17.0. The first kappa shape index (κ1) is 19.7. The fourth-order valence-electron chi connectivity index (χ4n) is 4.12. The molecule has 32 heavy (non-hydrogen) atoms. The van der Waals surface area contributed by atoms with Crippen molar-refractivity contribution in [3.05, 3.63) is 82.2 Å². The second kappa shape index (κ2) is 7.46. The molecule has 0 amide bonds. The van der Waals surface area contributed by atoms with Gasteiger partial charge < -0.3 is 24.1 Å². The van der Waals surface area contributed by atoms with Crippen LogP contribution in [-0.4, -0.2) is 23.3 Å². The predicted molar refractivity (Wildman–Crippen MR) is 116 cm³/mol. The summed E-state index contributed by atoms with van der Waals surface area (Å²) in [5.41, 5.74) is 1.80. The van der Waals surface area contributed by atoms with Gasteiger partial charge in [-0.15, -0.1) is 0 Å². The molecule has 7 nitrogen and oxygen atoms in total. The fourth-order valence-corrected chi connectivity index (χ4v) is 4.12. The van der Waals surface area contributed by atoms with Crippen molar-refractivity contribution in [1.29, 1.82) is 0 Å². The van der Waals surface area contributed by atoms with E-state index < -0.39 is 17.3 Å². The molecule has 1 unspecified atom stereocenters. The number of aromatic hydroxyl groups is 2. The minimum atomic E-state index is -0.452. The number of phenols is 2. The molecule has 1 aliphatic rings. The Hall–Kier alpha value is -4.26. The van der Waals surface area contributed by atoms with E-state index in [0.717, 1.165) is 5.56 Å². The number of ether oxygens (including phenoxy) is 2. The van der Waals surface area contributed by atoms with E-state index in [9.17, 15) is 19.8 Å². The van der Waals surface area contributed by atoms with Crippen molar-refractivity contribution < 1.29 is 28.9 Å². The molecule has 160 valence electrons. The summed E-state index contributed by atoms with van der Waals surface area (Å²) in [5.74, 6) is -0.396. The molecule has 0 saturated carbocycles. The van der Waals surface area contributed by atoms with Gasteiger partial charge in [0.15, 0.2) is 0 Å². The number of carbonyl (C=O) groups is 1. The molecule has 3 aromatic carbocycles. The van der Waals surface area contributed by atoms with Gasteiger partial charge in [-0.25, -0.2) is 0 Å². The maximum atomic E-state index is 13.3. The van der Waals surface area contributed by atoms with Gasteiger partial charge in [-0.05, 0) is 35.4 Å². The highest BCUT2D eigenvalue weighted by Gasteiger charge is 2.33. The second-order valence-electron chi connectivity index (χ2n) is 7.54. The maximum Gasteiger partial charge on any atom is 0.312 e. The van der Waals surface area contributed by atoms with Gasteiger partial charge in [0.1, 0.15) is 40.2 Å². The Morgan fingerprint density at radius 3 is 2.56 bits per heavy atom. The third-order valence-corrected chi connectivity index (χ3v) is 5.64. The van der Waals surface area contributed by atoms with Gasteiger partial charge in [0, 0.05) is 17.5 Å². The van der Waals surface area contributed by atoms with E-state index in [1.807, 2.05) is 18.2 Å². The molecule has 7 heteroatoms. The SMILES string of the molecule is COc1cccc(C2CC(=O)Oc3cc(O)c4c(=O)c(-c5ccc(O)cc5)coc4c32)c1. The van der Waals surface area contributed by atoms with Crippen molar-refractivity contribution in [2.24, 2.45) is 0 Å². The zero-order valence-corrected chi connectivity index (χ0v) is 17.0. The van der Waals surface area contributed by atoms with Crippen LogP contribution in [0.1, 0.15) is 23.5 Å². The summed E-state index contributed by atoms with van der Waals surface area (Å²) < 4.78 is 16.6. The minimum absolute atomic E-state index is 0.000157. The van der Waals surface area contributed by atoms with Gasteiger partial charge in [0.25, 0.3) is 0 Å². The number of rotatable bonds is 3. The molecule has 2 N–H and O–H groups in total. The van der Waals surface area contributed by atoms with Crippen molar-refractivity contribution >= 4 is 16.9 Å². The van der Waals surface area contributed by atoms with Crippen molar-refractivity contribution in [1.82, 2.24) is 0 Å². The molecular weight excluding hydrogens is 412 g/mol. The third kappa shape index (κ3) is 3.15. The molecule has 1 aliphatic heterocycles. The van der Waals surface area contributed by atoms with Crippen molar-refractivity contribution in [2.75, 3.05) is 7.11 Å². The van der Waals surface area contributed by atoms with Crippen molar-refractivity contribution in [3.63, 3.8) is 0 Å². The van der Waals surface area contributed by atoms with Crippen molar-refractivity contribution in [3.8, 4) is 34.1 Å². The molecule has 0 spiro atoms. The molecule has 4 aromatic rings. The molecular formula is C25H18O7. The monoisotopic (exact) mass is 430 g/mol. The Morgan fingerprint density at radius 2 is 1.81 bits per heavy atom. The third-order valence-electron chi connectivity index (χ3n) is 5.64. The number of methoxy groups -OCH3 is 1. The lowest BCUT2D eigenvalue weighted by atomic mass is 9.85. The van der Waals surface area contributed by atoms with Crippen LogP contribution in [0.2, 0.25) is 0 Å². The summed E-state index contributed by atoms with van der Waals surface area (Å²) in [7, 11) is 1.56. The van der Waals surface area contributed by atoms with Crippen molar-refractivity contribution in [2.45, 2.75) is 12.3 Å². The lowest BCUT2D eigenvalue weighted by molar-refractivity contribution is -0.135. The van der Waals surface area contributed by atoms with Gasteiger partial charge in [-0.2, -0.15) is 0 Å². The van der Waals surface area contributed by atoms with Crippen LogP contribution < -0.4 is 14.9 Å². The molecule has 1 aromatic heterocycles. The van der Waals surface area contributed by atoms with Crippen LogP contribution in [0.5, 0.6) is 23.0 Å². The number of phenolic OH excluding ortho intramolecular Hbond substituents is 2. The first-order chi connectivity index (χ1) is 15.5. The highest BCUT2D eigenvalue weighted by molar-refractivity contribution is 5.94. The second-order valence-corrected chi connectivity index (χ2v) is 7.54. The van der Waals surface area contributed by atoms with E-state index in [0.29, 0.717) is 16.9 Å². The molecule has 0 bridgehead atoms. The van der Waals surface area contributed by atoms with Gasteiger partial charge in [-0.1, -0.05) is 24.3 Å². The predicted octanol–water partition coefficient (Wildman–Crippen LogP) is 4.32. The lowest BCUT2D eigenvalue weighted by Crippen LogP contribution is -2.22. The standard InChI is InChI=1S/C25H18O7/c1-30-16-4-2-3-14(9-16)17-10-21(28)32-20-11-19(27)23-24(29)18(12-31-25(23)22(17)20)13-5-7-15(26)8-6-13/h2-9,11-12,17,26-27H,10H2,1H3. The van der Waals surface area contributed by atoms with Crippen LogP contribution in [0, 0.1) is 0 Å². The van der Waals surface area contributed by atoms with E-state index in [-0.39, 0.29) is 40.2 Å². The van der Waals surface area contributed by atoms with Gasteiger partial charge >= 0.3 is 5.97 Å². The lowest BCUT2D eigenvalue weighted by Gasteiger charge is -2.26. The summed E-state index contributed by atoms with van der Waals surface area (Å²) in [6.07, 6.45) is 1.36. The van der Waals surface area contributed by atoms with E-state index in [2.05, 4.69) is 0 Å². The topological polar surface area (TPSA) is 106 Å². The van der Waals surface area contributed by atoms with Crippen LogP contribution in [0.3, 0.4) is 0 Å². The van der Waals surface area contributed by atoms with Gasteiger partial charge in [0.05, 0.1) is 19.1 Å². The number of fused-ring (bicyclic) bond motifs is 3. The number of carbonyl (C=O) groups excluding carboxylic acids is 1. The quantitative estimate of drug-likeness (QED) is 0.368. The Morgan fingerprint density at radius 1 is 1.03 bits per heavy atom. The van der Waals surface area contributed by atoms with E-state index >= 15 is 0 Å². The van der Waals surface area contributed by atoms with E-state index in [1.54, 1.807) is 25.3 Å². The maximum absolute atomic E-state index is 13.3.